The fourth-order valence-corrected chi connectivity index (χ4v) is 2.93. The molecule has 0 unspecified atom stereocenters. The zero-order chi connectivity index (χ0) is 15.1. The van der Waals surface area contributed by atoms with Crippen molar-refractivity contribution in [3.8, 4) is 0 Å². The number of hydrogen-bond acceptors (Lipinski definition) is 4. The van der Waals surface area contributed by atoms with Gasteiger partial charge in [-0.25, -0.2) is 15.0 Å². The number of rotatable bonds is 4. The van der Waals surface area contributed by atoms with Crippen molar-refractivity contribution >= 4 is 23.4 Å². The zero-order valence-electron chi connectivity index (χ0n) is 12.6. The first-order valence-electron chi connectivity index (χ1n) is 6.75. The topological polar surface area (TPSA) is 43.6 Å². The van der Waals surface area contributed by atoms with Gasteiger partial charge in [0.05, 0.1) is 6.20 Å². The van der Waals surface area contributed by atoms with Crippen LogP contribution >= 0.6 is 23.4 Å². The molecule has 6 heteroatoms. The molecule has 2 aromatic rings. The van der Waals surface area contributed by atoms with E-state index in [-0.39, 0.29) is 0 Å². The average Bonchev–Trinajstić information content (AvgIpc) is 2.78. The van der Waals surface area contributed by atoms with Crippen LogP contribution in [0.15, 0.2) is 17.4 Å². The van der Waals surface area contributed by atoms with Gasteiger partial charge < -0.3 is 4.57 Å². The number of thioether (sulfide) groups is 1. The van der Waals surface area contributed by atoms with E-state index in [1.807, 2.05) is 44.5 Å². The van der Waals surface area contributed by atoms with E-state index >= 15 is 0 Å². The summed E-state index contributed by atoms with van der Waals surface area (Å²) in [6, 6.07) is 1.97. The van der Waals surface area contributed by atoms with E-state index in [1.165, 1.54) is 0 Å². The van der Waals surface area contributed by atoms with Crippen molar-refractivity contribution in [3.63, 3.8) is 0 Å². The minimum Gasteiger partial charge on any atom is -0.318 e. The molecule has 0 aliphatic rings. The summed E-state index contributed by atoms with van der Waals surface area (Å²) >= 11 is 7.59. The Morgan fingerprint density at radius 1 is 1.20 bits per heavy atom. The van der Waals surface area contributed by atoms with Crippen LogP contribution in [0, 0.1) is 13.8 Å². The van der Waals surface area contributed by atoms with Gasteiger partial charge in [0.2, 0.25) is 5.28 Å². The van der Waals surface area contributed by atoms with Gasteiger partial charge in [-0.2, -0.15) is 0 Å². The fraction of sp³-hybridized carbons (Fsp3) is 0.500. The zero-order valence-corrected chi connectivity index (χ0v) is 14.2. The first-order valence-corrected chi connectivity index (χ1v) is 8.11. The predicted octanol–water partition coefficient (Wildman–Crippen LogP) is 4.28. The smallest absolute Gasteiger partial charge is 0.202 e. The normalized spacial score (nSPS) is 10.1. The van der Waals surface area contributed by atoms with Crippen molar-refractivity contribution in [1.82, 2.24) is 19.5 Å². The molecule has 0 aromatic carbocycles. The molecule has 0 spiro atoms. The Kier molecular flexibility index (Phi) is 7.02. The van der Waals surface area contributed by atoms with E-state index in [4.69, 9.17) is 11.6 Å². The molecule has 0 N–H and O–H groups in total. The molecule has 2 aromatic heterocycles. The monoisotopic (exact) mass is 312 g/mol. The van der Waals surface area contributed by atoms with E-state index in [1.54, 1.807) is 11.8 Å². The highest BCUT2D eigenvalue weighted by Crippen LogP contribution is 2.21. The number of hydrogen-bond donors (Lipinski definition) is 0. The van der Waals surface area contributed by atoms with Gasteiger partial charge in [-0.15, -0.1) is 0 Å². The van der Waals surface area contributed by atoms with Crippen molar-refractivity contribution in [2.75, 3.05) is 0 Å². The number of aryl methyl sites for hydroxylation is 2. The summed E-state index contributed by atoms with van der Waals surface area (Å²) in [5.74, 6) is 0.774. The van der Waals surface area contributed by atoms with Crippen LogP contribution in [-0.4, -0.2) is 19.5 Å². The molecule has 4 nitrogen and oxygen atoms in total. The molecular formula is C14H21ClN4S. The third kappa shape index (κ3) is 4.49. The molecule has 0 aliphatic heterocycles. The SMILES string of the molecule is CC.CCn1c(CSc2nc(C)cc(C)n2)cnc1Cl. The van der Waals surface area contributed by atoms with Crippen LogP contribution in [0.2, 0.25) is 5.28 Å². The van der Waals surface area contributed by atoms with E-state index in [9.17, 15) is 0 Å². The van der Waals surface area contributed by atoms with Gasteiger partial charge in [-0.3, -0.25) is 0 Å². The van der Waals surface area contributed by atoms with Crippen LogP contribution in [-0.2, 0) is 12.3 Å². The Balaban J connectivity index is 0.000000956. The van der Waals surface area contributed by atoms with Gasteiger partial charge in [0.1, 0.15) is 0 Å². The van der Waals surface area contributed by atoms with Gasteiger partial charge in [-0.05, 0) is 38.4 Å². The van der Waals surface area contributed by atoms with Crippen molar-refractivity contribution < 1.29 is 0 Å². The number of halogens is 1. The minimum absolute atomic E-state index is 0.537. The van der Waals surface area contributed by atoms with E-state index in [0.717, 1.165) is 34.5 Å². The highest BCUT2D eigenvalue weighted by Gasteiger charge is 2.08. The molecule has 0 aliphatic carbocycles. The fourth-order valence-electron chi connectivity index (χ4n) is 1.73. The quantitative estimate of drug-likeness (QED) is 0.624. The summed E-state index contributed by atoms with van der Waals surface area (Å²) in [7, 11) is 0. The van der Waals surface area contributed by atoms with Crippen LogP contribution in [0.3, 0.4) is 0 Å². The van der Waals surface area contributed by atoms with Crippen LogP contribution in [0.1, 0.15) is 37.9 Å². The third-order valence-corrected chi connectivity index (χ3v) is 3.70. The second-order valence-electron chi connectivity index (χ2n) is 3.98. The summed E-state index contributed by atoms with van der Waals surface area (Å²) in [5.41, 5.74) is 3.08. The van der Waals surface area contributed by atoms with Crippen molar-refractivity contribution in [1.29, 1.82) is 0 Å². The number of aromatic nitrogens is 4. The van der Waals surface area contributed by atoms with Gasteiger partial charge >= 0.3 is 0 Å². The first kappa shape index (κ1) is 17.0. The van der Waals surface area contributed by atoms with Crippen LogP contribution in [0.4, 0.5) is 0 Å². The maximum atomic E-state index is 5.99. The third-order valence-electron chi connectivity index (χ3n) is 2.52. The minimum atomic E-state index is 0.537. The number of imidazole rings is 1. The lowest BCUT2D eigenvalue weighted by Crippen LogP contribution is -2.00. The molecule has 2 heterocycles. The molecule has 0 saturated carbocycles. The molecule has 0 amide bonds. The van der Waals surface area contributed by atoms with Crippen molar-refractivity contribution in [2.45, 2.75) is 52.1 Å². The molecule has 20 heavy (non-hydrogen) atoms. The molecular weight excluding hydrogens is 292 g/mol. The number of nitrogens with zero attached hydrogens (tertiary/aromatic N) is 4. The Hall–Kier alpha value is -1.07. The first-order chi connectivity index (χ1) is 9.60. The summed E-state index contributed by atoms with van der Waals surface area (Å²) in [6.45, 7) is 10.8. The summed E-state index contributed by atoms with van der Waals surface area (Å²) < 4.78 is 1.98. The molecule has 110 valence electrons. The van der Waals surface area contributed by atoms with Gasteiger partial charge in [0.25, 0.3) is 0 Å². The average molecular weight is 313 g/mol. The van der Waals surface area contributed by atoms with E-state index in [0.29, 0.717) is 5.28 Å². The van der Waals surface area contributed by atoms with Gasteiger partial charge in [-0.1, -0.05) is 25.6 Å². The molecule has 0 fully saturated rings. The maximum absolute atomic E-state index is 5.99. The highest BCUT2D eigenvalue weighted by molar-refractivity contribution is 7.98. The van der Waals surface area contributed by atoms with Crippen molar-refractivity contribution in [2.24, 2.45) is 0 Å². The van der Waals surface area contributed by atoms with E-state index < -0.39 is 0 Å². The van der Waals surface area contributed by atoms with Crippen LogP contribution < -0.4 is 0 Å². The lowest BCUT2D eigenvalue weighted by atomic mass is 10.4. The Bertz CT molecular complexity index is 534. The maximum Gasteiger partial charge on any atom is 0.202 e. The molecule has 0 bridgehead atoms. The second kappa shape index (κ2) is 8.27. The summed E-state index contributed by atoms with van der Waals surface area (Å²) in [5, 5.41) is 1.34. The largest absolute Gasteiger partial charge is 0.318 e. The van der Waals surface area contributed by atoms with Crippen molar-refractivity contribution in [3.05, 3.63) is 34.6 Å². The standard InChI is InChI=1S/C12H15ClN4S.C2H6/c1-4-17-10(6-14-11(17)13)7-18-12-15-8(2)5-9(3)16-12;1-2/h5-6H,4,7H2,1-3H3;1-2H3. The van der Waals surface area contributed by atoms with Crippen LogP contribution in [0.25, 0.3) is 0 Å². The van der Waals surface area contributed by atoms with E-state index in [2.05, 4.69) is 21.9 Å². The molecule has 0 saturated heterocycles. The molecule has 2 rings (SSSR count). The Labute approximate surface area is 130 Å². The second-order valence-corrected chi connectivity index (χ2v) is 5.27. The Morgan fingerprint density at radius 3 is 2.35 bits per heavy atom. The summed E-state index contributed by atoms with van der Waals surface area (Å²) in [6.07, 6.45) is 1.81. The van der Waals surface area contributed by atoms with Crippen LogP contribution in [0.5, 0.6) is 0 Å². The van der Waals surface area contributed by atoms with Gasteiger partial charge in [0, 0.05) is 29.4 Å². The lowest BCUT2D eigenvalue weighted by Gasteiger charge is -2.06. The predicted molar refractivity (Wildman–Crippen MR) is 85.3 cm³/mol. The molecule has 0 atom stereocenters. The lowest BCUT2D eigenvalue weighted by molar-refractivity contribution is 0.734. The summed E-state index contributed by atoms with van der Waals surface area (Å²) in [4.78, 5) is 12.9. The molecule has 0 radical (unpaired) electrons. The highest BCUT2D eigenvalue weighted by atomic mass is 35.5. The Morgan fingerprint density at radius 2 is 1.80 bits per heavy atom. The van der Waals surface area contributed by atoms with Gasteiger partial charge in [0.15, 0.2) is 5.16 Å².